The maximum atomic E-state index is 10.9. The van der Waals surface area contributed by atoms with Crippen LogP contribution in [0.2, 0.25) is 5.02 Å². The second-order valence-corrected chi connectivity index (χ2v) is 5.73. The van der Waals surface area contributed by atoms with Gasteiger partial charge in [0.15, 0.2) is 0 Å². The molecule has 5 heteroatoms. The Bertz CT molecular complexity index is 477. The summed E-state index contributed by atoms with van der Waals surface area (Å²) in [6.45, 7) is 0. The van der Waals surface area contributed by atoms with Crippen LogP contribution in [-0.4, -0.2) is 14.7 Å². The van der Waals surface area contributed by atoms with Crippen molar-refractivity contribution >= 4 is 21.7 Å². The molecule has 1 fully saturated rings. The topological polar surface area (TPSA) is 43.4 Å². The van der Waals surface area contributed by atoms with Gasteiger partial charge in [0.1, 0.15) is 5.75 Å². The van der Waals surface area contributed by atoms with E-state index < -0.39 is 10.1 Å². The Hall–Kier alpha value is -0.740. The number of hydrogen-bond donors (Lipinski definition) is 0. The molecule has 3 nitrogen and oxygen atoms in total. The van der Waals surface area contributed by atoms with Gasteiger partial charge in [0.2, 0.25) is 0 Å². The first kappa shape index (κ1) is 10.8. The Morgan fingerprint density at radius 3 is 2.53 bits per heavy atom. The quantitative estimate of drug-likeness (QED) is 0.770. The number of benzene rings is 1. The zero-order chi connectivity index (χ0) is 11.1. The summed E-state index contributed by atoms with van der Waals surface area (Å²) in [5.74, 6) is 0.816. The van der Waals surface area contributed by atoms with E-state index >= 15 is 0 Å². The van der Waals surface area contributed by atoms with E-state index in [0.717, 1.165) is 24.7 Å². The van der Waals surface area contributed by atoms with Gasteiger partial charge in [-0.25, -0.2) is 0 Å². The van der Waals surface area contributed by atoms with Crippen molar-refractivity contribution < 1.29 is 12.6 Å². The molecule has 0 atom stereocenters. The van der Waals surface area contributed by atoms with Crippen molar-refractivity contribution in [3.8, 4) is 5.75 Å². The van der Waals surface area contributed by atoms with Crippen LogP contribution in [0.15, 0.2) is 18.2 Å². The Morgan fingerprint density at radius 1 is 1.40 bits per heavy atom. The fourth-order valence-corrected chi connectivity index (χ4v) is 2.24. The Morgan fingerprint density at radius 2 is 2.07 bits per heavy atom. The van der Waals surface area contributed by atoms with Crippen LogP contribution in [0.3, 0.4) is 0 Å². The Labute approximate surface area is 94.1 Å². The van der Waals surface area contributed by atoms with Gasteiger partial charge < -0.3 is 4.18 Å². The van der Waals surface area contributed by atoms with Gasteiger partial charge >= 0.3 is 10.1 Å². The lowest BCUT2D eigenvalue weighted by molar-refractivity contribution is 0.493. The second-order valence-electron chi connectivity index (χ2n) is 3.75. The van der Waals surface area contributed by atoms with E-state index in [2.05, 4.69) is 0 Å². The minimum absolute atomic E-state index is 0.270. The van der Waals surface area contributed by atoms with Crippen LogP contribution in [0.5, 0.6) is 5.75 Å². The lowest BCUT2D eigenvalue weighted by Gasteiger charge is -2.06. The van der Waals surface area contributed by atoms with Crippen LogP contribution in [0.1, 0.15) is 24.3 Å². The molecule has 1 aliphatic carbocycles. The zero-order valence-corrected chi connectivity index (χ0v) is 9.81. The summed E-state index contributed by atoms with van der Waals surface area (Å²) in [5, 5.41) is 0.582. The third-order valence-electron chi connectivity index (χ3n) is 2.24. The molecule has 0 spiro atoms. The van der Waals surface area contributed by atoms with Crippen LogP contribution in [0.25, 0.3) is 0 Å². The molecule has 0 heterocycles. The standard InChI is InChI=1S/C10H11ClO3S/c1-15(12,13)14-8-4-5-9(7-2-3-7)10(11)6-8/h4-7H,2-3H2,1H3. The second kappa shape index (κ2) is 3.68. The smallest absolute Gasteiger partial charge is 0.306 e. The summed E-state index contributed by atoms with van der Waals surface area (Å²) in [4.78, 5) is 0. The van der Waals surface area contributed by atoms with E-state index in [9.17, 15) is 8.42 Å². The largest absolute Gasteiger partial charge is 0.383 e. The molecule has 0 unspecified atom stereocenters. The SMILES string of the molecule is CS(=O)(=O)Oc1ccc(C2CC2)c(Cl)c1. The summed E-state index contributed by atoms with van der Waals surface area (Å²) in [5.41, 5.74) is 1.08. The van der Waals surface area contributed by atoms with Gasteiger partial charge in [0, 0.05) is 11.1 Å². The zero-order valence-electron chi connectivity index (χ0n) is 8.23. The molecule has 82 valence electrons. The van der Waals surface area contributed by atoms with Crippen molar-refractivity contribution in [2.24, 2.45) is 0 Å². The maximum Gasteiger partial charge on any atom is 0.306 e. The van der Waals surface area contributed by atoms with Crippen LogP contribution in [0.4, 0.5) is 0 Å². The number of hydrogen-bond acceptors (Lipinski definition) is 3. The highest BCUT2D eigenvalue weighted by molar-refractivity contribution is 7.86. The summed E-state index contributed by atoms with van der Waals surface area (Å²) >= 11 is 6.02. The van der Waals surface area contributed by atoms with E-state index in [1.165, 1.54) is 0 Å². The molecule has 1 aliphatic rings. The van der Waals surface area contributed by atoms with Crippen molar-refractivity contribution in [3.63, 3.8) is 0 Å². The molecule has 0 radical (unpaired) electrons. The molecule has 0 aliphatic heterocycles. The highest BCUT2D eigenvalue weighted by atomic mass is 35.5. The van der Waals surface area contributed by atoms with Crippen molar-refractivity contribution in [1.29, 1.82) is 0 Å². The van der Waals surface area contributed by atoms with E-state index in [0.29, 0.717) is 10.9 Å². The molecular formula is C10H11ClO3S. The molecule has 1 saturated carbocycles. The van der Waals surface area contributed by atoms with Gasteiger partial charge in [-0.2, -0.15) is 8.42 Å². The molecule has 1 aromatic rings. The third kappa shape index (κ3) is 2.86. The average Bonchev–Trinajstić information content (AvgIpc) is 2.84. The van der Waals surface area contributed by atoms with Gasteiger partial charge in [0.25, 0.3) is 0 Å². The molecule has 0 aromatic heterocycles. The highest BCUT2D eigenvalue weighted by Crippen LogP contribution is 2.44. The van der Waals surface area contributed by atoms with Crippen molar-refractivity contribution in [2.75, 3.05) is 6.26 Å². The molecule has 2 rings (SSSR count). The molecule has 0 saturated heterocycles. The first-order chi connectivity index (χ1) is 6.96. The Balaban J connectivity index is 2.25. The van der Waals surface area contributed by atoms with Crippen molar-refractivity contribution in [3.05, 3.63) is 28.8 Å². The first-order valence-electron chi connectivity index (χ1n) is 4.64. The minimum Gasteiger partial charge on any atom is -0.383 e. The molecule has 0 bridgehead atoms. The van der Waals surface area contributed by atoms with Crippen molar-refractivity contribution in [1.82, 2.24) is 0 Å². The third-order valence-corrected chi connectivity index (χ3v) is 3.06. The highest BCUT2D eigenvalue weighted by Gasteiger charge is 2.25. The molecule has 0 amide bonds. The van der Waals surface area contributed by atoms with Crippen LogP contribution < -0.4 is 4.18 Å². The van der Waals surface area contributed by atoms with Crippen molar-refractivity contribution in [2.45, 2.75) is 18.8 Å². The molecular weight excluding hydrogens is 236 g/mol. The van der Waals surface area contributed by atoms with E-state index in [1.54, 1.807) is 12.1 Å². The van der Waals surface area contributed by atoms with Crippen LogP contribution >= 0.6 is 11.6 Å². The van der Waals surface area contributed by atoms with Gasteiger partial charge in [-0.1, -0.05) is 17.7 Å². The molecule has 15 heavy (non-hydrogen) atoms. The number of halogens is 1. The first-order valence-corrected chi connectivity index (χ1v) is 6.84. The van der Waals surface area contributed by atoms with E-state index in [-0.39, 0.29) is 5.75 Å². The molecule has 0 N–H and O–H groups in total. The van der Waals surface area contributed by atoms with Gasteiger partial charge in [-0.15, -0.1) is 0 Å². The predicted octanol–water partition coefficient (Wildman–Crippen LogP) is 2.56. The Kier molecular flexibility index (Phi) is 2.64. The van der Waals surface area contributed by atoms with Gasteiger partial charge in [0.05, 0.1) is 6.26 Å². The minimum atomic E-state index is -3.47. The summed E-state index contributed by atoms with van der Waals surface area (Å²) < 4.78 is 26.5. The monoisotopic (exact) mass is 246 g/mol. The van der Waals surface area contributed by atoms with Crippen LogP contribution in [0, 0.1) is 0 Å². The maximum absolute atomic E-state index is 10.9. The lowest BCUT2D eigenvalue weighted by Crippen LogP contribution is -2.05. The lowest BCUT2D eigenvalue weighted by atomic mass is 10.1. The van der Waals surface area contributed by atoms with Crippen LogP contribution in [-0.2, 0) is 10.1 Å². The van der Waals surface area contributed by atoms with E-state index in [4.69, 9.17) is 15.8 Å². The van der Waals surface area contributed by atoms with E-state index in [1.807, 2.05) is 6.07 Å². The average molecular weight is 247 g/mol. The normalized spacial score (nSPS) is 16.4. The molecule has 1 aromatic carbocycles. The summed E-state index contributed by atoms with van der Waals surface area (Å²) in [7, 11) is -3.47. The summed E-state index contributed by atoms with van der Waals surface area (Å²) in [6, 6.07) is 5.03. The fourth-order valence-electron chi connectivity index (χ4n) is 1.46. The van der Waals surface area contributed by atoms with Gasteiger partial charge in [-0.3, -0.25) is 0 Å². The summed E-state index contributed by atoms with van der Waals surface area (Å²) in [6.07, 6.45) is 3.33. The number of rotatable bonds is 3. The fraction of sp³-hybridized carbons (Fsp3) is 0.400. The van der Waals surface area contributed by atoms with Gasteiger partial charge in [-0.05, 0) is 30.4 Å². The predicted molar refractivity (Wildman–Crippen MR) is 58.9 cm³/mol.